The molecule has 0 radical (unpaired) electrons. The van der Waals surface area contributed by atoms with Crippen molar-refractivity contribution in [2.45, 2.75) is 47.6 Å². The zero-order valence-electron chi connectivity index (χ0n) is 10.9. The predicted molar refractivity (Wildman–Crippen MR) is 64.0 cm³/mol. The van der Waals surface area contributed by atoms with E-state index < -0.39 is 0 Å². The third-order valence-electron chi connectivity index (χ3n) is 1.47. The highest BCUT2D eigenvalue weighted by atomic mass is 16.5. The van der Waals surface area contributed by atoms with Crippen molar-refractivity contribution < 1.29 is 4.74 Å². The summed E-state index contributed by atoms with van der Waals surface area (Å²) in [4.78, 5) is 0. The molecule has 0 aliphatic heterocycles. The summed E-state index contributed by atoms with van der Waals surface area (Å²) in [6.07, 6.45) is 2.88. The van der Waals surface area contributed by atoms with Gasteiger partial charge in [-0.15, -0.1) is 5.10 Å². The summed E-state index contributed by atoms with van der Waals surface area (Å²) >= 11 is 0. The van der Waals surface area contributed by atoms with E-state index in [1.54, 1.807) is 11.8 Å². The smallest absolute Gasteiger partial charge is 0.0824 e. The molecule has 0 amide bonds. The number of rotatable bonds is 4. The fourth-order valence-electron chi connectivity index (χ4n) is 0.795. The van der Waals surface area contributed by atoms with Crippen LogP contribution in [-0.2, 0) is 17.7 Å². The number of nitrogens with zero attached hydrogens (tertiary/aromatic N) is 3. The number of aryl methyl sites for hydroxylation is 1. The van der Waals surface area contributed by atoms with Crippen LogP contribution in [0.3, 0.4) is 0 Å². The first-order valence-corrected chi connectivity index (χ1v) is 5.74. The first-order chi connectivity index (χ1) is 7.36. The molecule has 4 heteroatoms. The largest absolute Gasteiger partial charge is 0.383 e. The Bertz CT molecular complexity index is 211. The maximum absolute atomic E-state index is 4.90. The van der Waals surface area contributed by atoms with E-state index in [4.69, 9.17) is 4.74 Å². The van der Waals surface area contributed by atoms with E-state index in [0.717, 1.165) is 18.7 Å². The lowest BCUT2D eigenvalue weighted by Gasteiger charge is -1.96. The summed E-state index contributed by atoms with van der Waals surface area (Å²) in [5.41, 5.74) is 1.03. The molecular formula is C11H25N3O. The van der Waals surface area contributed by atoms with Gasteiger partial charge < -0.3 is 4.74 Å². The third-order valence-corrected chi connectivity index (χ3v) is 1.47. The Hall–Kier alpha value is -0.900. The molecule has 0 atom stereocenters. The maximum Gasteiger partial charge on any atom is 0.0824 e. The van der Waals surface area contributed by atoms with E-state index in [-0.39, 0.29) is 0 Å². The lowest BCUT2D eigenvalue weighted by molar-refractivity contribution is 0.183. The van der Waals surface area contributed by atoms with Crippen LogP contribution in [0.5, 0.6) is 0 Å². The van der Waals surface area contributed by atoms with Crippen molar-refractivity contribution in [3.05, 3.63) is 11.9 Å². The number of methoxy groups -OCH3 is 1. The molecule has 0 aliphatic rings. The number of hydrogen-bond acceptors (Lipinski definition) is 3. The second-order valence-corrected chi connectivity index (χ2v) is 2.32. The molecule has 0 unspecified atom stereocenters. The van der Waals surface area contributed by atoms with Crippen molar-refractivity contribution in [1.82, 2.24) is 15.0 Å². The zero-order chi connectivity index (χ0) is 12.1. The van der Waals surface area contributed by atoms with Crippen LogP contribution in [0.2, 0.25) is 0 Å². The summed E-state index contributed by atoms with van der Waals surface area (Å²) in [6.45, 7) is 11.5. The summed E-state index contributed by atoms with van der Waals surface area (Å²) in [7, 11) is 1.68. The molecule has 0 N–H and O–H groups in total. The summed E-state index contributed by atoms with van der Waals surface area (Å²) in [5, 5.41) is 7.86. The van der Waals surface area contributed by atoms with E-state index in [2.05, 4.69) is 17.2 Å². The molecule has 0 spiro atoms. The topological polar surface area (TPSA) is 39.9 Å². The van der Waals surface area contributed by atoms with Crippen LogP contribution in [-0.4, -0.2) is 28.7 Å². The second-order valence-electron chi connectivity index (χ2n) is 2.32. The average molecular weight is 215 g/mol. The number of hydrogen-bond donors (Lipinski definition) is 0. The highest BCUT2D eigenvalue weighted by Gasteiger charge is 1.95. The molecule has 4 nitrogen and oxygen atoms in total. The molecule has 0 saturated carbocycles. The summed E-state index contributed by atoms with van der Waals surface area (Å²) in [6, 6.07) is 0. The van der Waals surface area contributed by atoms with Crippen molar-refractivity contribution in [1.29, 1.82) is 0 Å². The van der Waals surface area contributed by atoms with Crippen LogP contribution in [0, 0.1) is 0 Å². The molecule has 15 heavy (non-hydrogen) atoms. The summed E-state index contributed by atoms with van der Waals surface area (Å²) < 4.78 is 6.69. The Labute approximate surface area is 93.6 Å². The normalized spacial score (nSPS) is 8.40. The number of aromatic nitrogens is 3. The van der Waals surface area contributed by atoms with Gasteiger partial charge in [-0.1, -0.05) is 39.8 Å². The van der Waals surface area contributed by atoms with Gasteiger partial charge >= 0.3 is 0 Å². The van der Waals surface area contributed by atoms with Crippen LogP contribution < -0.4 is 0 Å². The van der Waals surface area contributed by atoms with Gasteiger partial charge in [0.05, 0.1) is 18.8 Å². The van der Waals surface area contributed by atoms with Crippen LogP contribution in [0.15, 0.2) is 6.20 Å². The minimum atomic E-state index is 0.687. The molecule has 0 saturated heterocycles. The van der Waals surface area contributed by atoms with E-state index >= 15 is 0 Å². The molecule has 0 aromatic carbocycles. The Morgan fingerprint density at radius 3 is 2.27 bits per heavy atom. The number of ether oxygens (including phenoxy) is 1. The highest BCUT2D eigenvalue weighted by Crippen LogP contribution is 1.92. The minimum Gasteiger partial charge on any atom is -0.383 e. The van der Waals surface area contributed by atoms with Crippen LogP contribution in [0.1, 0.15) is 40.3 Å². The van der Waals surface area contributed by atoms with Crippen LogP contribution in [0.25, 0.3) is 0 Å². The fourth-order valence-corrected chi connectivity index (χ4v) is 0.795. The molecule has 1 aromatic heterocycles. The van der Waals surface area contributed by atoms with Crippen molar-refractivity contribution in [2.24, 2.45) is 0 Å². The highest BCUT2D eigenvalue weighted by molar-refractivity contribution is 4.90. The van der Waals surface area contributed by atoms with Gasteiger partial charge in [-0.3, -0.25) is 0 Å². The predicted octanol–water partition coefficient (Wildman–Crippen LogP) is 2.54. The molecular weight excluding hydrogens is 190 g/mol. The van der Waals surface area contributed by atoms with Gasteiger partial charge in [0.25, 0.3) is 0 Å². The quantitative estimate of drug-likeness (QED) is 0.775. The van der Waals surface area contributed by atoms with Crippen molar-refractivity contribution >= 4 is 0 Å². The van der Waals surface area contributed by atoms with Gasteiger partial charge in [-0.05, 0) is 6.42 Å². The average Bonchev–Trinajstić information content (AvgIpc) is 2.79. The summed E-state index contributed by atoms with van der Waals surface area (Å²) in [5.74, 6) is 0. The van der Waals surface area contributed by atoms with E-state index in [1.807, 2.05) is 33.9 Å². The van der Waals surface area contributed by atoms with E-state index in [1.165, 1.54) is 0 Å². The maximum atomic E-state index is 4.90. The Balaban J connectivity index is 0. The van der Waals surface area contributed by atoms with Crippen LogP contribution in [0.4, 0.5) is 0 Å². The molecule has 0 bridgehead atoms. The zero-order valence-corrected chi connectivity index (χ0v) is 10.9. The van der Waals surface area contributed by atoms with Gasteiger partial charge in [0.15, 0.2) is 0 Å². The Kier molecular flexibility index (Phi) is 14.4. The van der Waals surface area contributed by atoms with E-state index in [0.29, 0.717) is 6.61 Å². The molecule has 90 valence electrons. The van der Waals surface area contributed by atoms with E-state index in [9.17, 15) is 0 Å². The first kappa shape index (κ1) is 16.5. The molecule has 1 aromatic rings. The van der Waals surface area contributed by atoms with Gasteiger partial charge in [-0.2, -0.15) is 0 Å². The Morgan fingerprint density at radius 2 is 1.87 bits per heavy atom. The van der Waals surface area contributed by atoms with Crippen molar-refractivity contribution in [3.63, 3.8) is 0 Å². The molecule has 0 aliphatic carbocycles. The lowest BCUT2D eigenvalue weighted by atomic mass is 10.4. The van der Waals surface area contributed by atoms with Crippen LogP contribution >= 0.6 is 0 Å². The SMILES string of the molecule is CC.CC.CCc1cn(CCOC)nn1. The van der Waals surface area contributed by atoms with Gasteiger partial charge in [0.1, 0.15) is 0 Å². The molecule has 1 heterocycles. The third kappa shape index (κ3) is 8.12. The monoisotopic (exact) mass is 215 g/mol. The fraction of sp³-hybridized carbons (Fsp3) is 0.818. The van der Waals surface area contributed by atoms with Crippen molar-refractivity contribution in [3.8, 4) is 0 Å². The van der Waals surface area contributed by atoms with Gasteiger partial charge in [0.2, 0.25) is 0 Å². The first-order valence-electron chi connectivity index (χ1n) is 5.74. The van der Waals surface area contributed by atoms with Gasteiger partial charge in [0, 0.05) is 13.3 Å². The standard InChI is InChI=1S/C7H13N3O.2C2H6/c1-3-7-6-10(9-8-7)4-5-11-2;2*1-2/h6H,3-5H2,1-2H3;2*1-2H3. The Morgan fingerprint density at radius 1 is 1.27 bits per heavy atom. The lowest BCUT2D eigenvalue weighted by Crippen LogP contribution is -2.04. The molecule has 1 rings (SSSR count). The minimum absolute atomic E-state index is 0.687. The molecule has 0 fully saturated rings. The van der Waals surface area contributed by atoms with Crippen molar-refractivity contribution in [2.75, 3.05) is 13.7 Å². The second kappa shape index (κ2) is 13.1. The van der Waals surface area contributed by atoms with Gasteiger partial charge in [-0.25, -0.2) is 4.68 Å².